The topological polar surface area (TPSA) is 58.4 Å². The highest BCUT2D eigenvalue weighted by Crippen LogP contribution is 2.34. The first-order chi connectivity index (χ1) is 9.04. The molecule has 3 N–H and O–H groups in total. The zero-order valence-electron chi connectivity index (χ0n) is 11.9. The number of thiocarbonyl (C=S) groups is 1. The van der Waals surface area contributed by atoms with Crippen LogP contribution >= 0.6 is 24.0 Å². The van der Waals surface area contributed by atoms with E-state index in [1.807, 2.05) is 0 Å². The SMILES string of the molecule is CCCCNC(=O)CN1CCC(SC)(C(N)=S)CC1. The molecule has 19 heavy (non-hydrogen) atoms. The highest BCUT2D eigenvalue weighted by molar-refractivity contribution is 8.02. The third-order valence-corrected chi connectivity index (χ3v) is 5.65. The number of thioether (sulfide) groups is 1. The Balaban J connectivity index is 2.33. The van der Waals surface area contributed by atoms with Gasteiger partial charge < -0.3 is 11.1 Å². The van der Waals surface area contributed by atoms with E-state index >= 15 is 0 Å². The molecular formula is C13H25N3OS2. The van der Waals surface area contributed by atoms with Crippen LogP contribution in [0, 0.1) is 0 Å². The van der Waals surface area contributed by atoms with Crippen molar-refractivity contribution in [3.63, 3.8) is 0 Å². The number of carbonyl (C=O) groups excluding carboxylic acids is 1. The summed E-state index contributed by atoms with van der Waals surface area (Å²) in [6.07, 6.45) is 6.08. The third-order valence-electron chi connectivity index (χ3n) is 3.72. The zero-order valence-corrected chi connectivity index (χ0v) is 13.5. The molecule has 110 valence electrons. The van der Waals surface area contributed by atoms with Crippen LogP contribution < -0.4 is 11.1 Å². The second kappa shape index (κ2) is 8.07. The van der Waals surface area contributed by atoms with Gasteiger partial charge in [-0.2, -0.15) is 11.8 Å². The number of nitrogens with one attached hydrogen (secondary N) is 1. The molecule has 1 rings (SSSR count). The van der Waals surface area contributed by atoms with E-state index in [0.717, 1.165) is 45.3 Å². The van der Waals surface area contributed by atoms with E-state index in [0.29, 0.717) is 11.5 Å². The average molecular weight is 303 g/mol. The van der Waals surface area contributed by atoms with Crippen molar-refractivity contribution in [1.82, 2.24) is 10.2 Å². The first kappa shape index (κ1) is 16.7. The van der Waals surface area contributed by atoms with Crippen LogP contribution in [0.2, 0.25) is 0 Å². The lowest BCUT2D eigenvalue weighted by atomic mass is 9.95. The van der Waals surface area contributed by atoms with E-state index in [1.165, 1.54) is 0 Å². The number of amides is 1. The number of unbranched alkanes of at least 4 members (excludes halogenated alkanes) is 1. The molecule has 0 bridgehead atoms. The fourth-order valence-corrected chi connectivity index (χ4v) is 3.53. The Morgan fingerprint density at radius 3 is 2.58 bits per heavy atom. The molecule has 0 atom stereocenters. The molecule has 1 aliphatic heterocycles. The van der Waals surface area contributed by atoms with Gasteiger partial charge >= 0.3 is 0 Å². The predicted molar refractivity (Wildman–Crippen MR) is 86.6 cm³/mol. The van der Waals surface area contributed by atoms with Crippen molar-refractivity contribution in [3.8, 4) is 0 Å². The first-order valence-electron chi connectivity index (χ1n) is 6.88. The van der Waals surface area contributed by atoms with Crippen molar-refractivity contribution < 1.29 is 4.79 Å². The van der Waals surface area contributed by atoms with Crippen LogP contribution in [0.4, 0.5) is 0 Å². The highest BCUT2D eigenvalue weighted by atomic mass is 32.2. The van der Waals surface area contributed by atoms with Gasteiger partial charge in [0.15, 0.2) is 0 Å². The molecule has 1 amide bonds. The van der Waals surface area contributed by atoms with Crippen molar-refractivity contribution in [2.45, 2.75) is 37.4 Å². The van der Waals surface area contributed by atoms with E-state index in [1.54, 1.807) is 11.8 Å². The summed E-state index contributed by atoms with van der Waals surface area (Å²) in [6.45, 7) is 5.17. The maximum absolute atomic E-state index is 11.7. The Bertz CT molecular complexity index is 315. The Morgan fingerprint density at radius 2 is 2.11 bits per heavy atom. The number of carbonyl (C=O) groups is 1. The lowest BCUT2D eigenvalue weighted by molar-refractivity contribution is -0.122. The number of piperidine rings is 1. The van der Waals surface area contributed by atoms with Crippen molar-refractivity contribution in [2.24, 2.45) is 5.73 Å². The van der Waals surface area contributed by atoms with Gasteiger partial charge in [0, 0.05) is 19.6 Å². The maximum atomic E-state index is 11.7. The molecule has 1 fully saturated rings. The lowest BCUT2D eigenvalue weighted by Gasteiger charge is -2.39. The van der Waals surface area contributed by atoms with Gasteiger partial charge in [-0.1, -0.05) is 25.6 Å². The van der Waals surface area contributed by atoms with Crippen LogP contribution in [0.5, 0.6) is 0 Å². The molecule has 0 saturated carbocycles. The minimum atomic E-state index is -0.0650. The summed E-state index contributed by atoms with van der Waals surface area (Å²) in [7, 11) is 0. The number of nitrogens with zero attached hydrogens (tertiary/aromatic N) is 1. The predicted octanol–water partition coefficient (Wildman–Crippen LogP) is 1.39. The molecule has 0 aliphatic carbocycles. The molecule has 0 aromatic heterocycles. The van der Waals surface area contributed by atoms with Crippen LogP contribution in [0.3, 0.4) is 0 Å². The van der Waals surface area contributed by atoms with Crippen molar-refractivity contribution in [3.05, 3.63) is 0 Å². The minimum Gasteiger partial charge on any atom is -0.392 e. The zero-order chi connectivity index (χ0) is 14.3. The van der Waals surface area contributed by atoms with Crippen molar-refractivity contribution in [2.75, 3.05) is 32.4 Å². The highest BCUT2D eigenvalue weighted by Gasteiger charge is 2.36. The summed E-state index contributed by atoms with van der Waals surface area (Å²) in [4.78, 5) is 14.5. The summed E-state index contributed by atoms with van der Waals surface area (Å²) in [5.74, 6) is 0.125. The van der Waals surface area contributed by atoms with Gasteiger partial charge in [0.2, 0.25) is 5.91 Å². The summed E-state index contributed by atoms with van der Waals surface area (Å²) < 4.78 is -0.0650. The lowest BCUT2D eigenvalue weighted by Crippen LogP contribution is -2.51. The first-order valence-corrected chi connectivity index (χ1v) is 8.51. The van der Waals surface area contributed by atoms with Gasteiger partial charge in [0.1, 0.15) is 0 Å². The fraction of sp³-hybridized carbons (Fsp3) is 0.846. The maximum Gasteiger partial charge on any atom is 0.234 e. The molecule has 0 unspecified atom stereocenters. The number of hydrogen-bond donors (Lipinski definition) is 2. The van der Waals surface area contributed by atoms with E-state index in [-0.39, 0.29) is 10.7 Å². The Labute approximate surface area is 125 Å². The average Bonchev–Trinajstić information content (AvgIpc) is 2.40. The quantitative estimate of drug-likeness (QED) is 0.550. The third kappa shape index (κ3) is 4.93. The molecule has 0 aromatic carbocycles. The van der Waals surface area contributed by atoms with Crippen LogP contribution in [0.15, 0.2) is 0 Å². The number of nitrogens with two attached hydrogens (primary N) is 1. The summed E-state index contributed by atoms with van der Waals surface area (Å²) in [6, 6.07) is 0. The van der Waals surface area contributed by atoms with Gasteiger partial charge in [-0.15, -0.1) is 0 Å². The van der Waals surface area contributed by atoms with Gasteiger partial charge in [-0.3, -0.25) is 9.69 Å². The summed E-state index contributed by atoms with van der Waals surface area (Å²) >= 11 is 6.93. The monoisotopic (exact) mass is 303 g/mol. The smallest absolute Gasteiger partial charge is 0.234 e. The van der Waals surface area contributed by atoms with E-state index < -0.39 is 0 Å². The normalized spacial score (nSPS) is 19.1. The molecular weight excluding hydrogens is 278 g/mol. The molecule has 1 aliphatic rings. The van der Waals surface area contributed by atoms with Crippen molar-refractivity contribution >= 4 is 34.9 Å². The minimum absolute atomic E-state index is 0.0650. The summed E-state index contributed by atoms with van der Waals surface area (Å²) in [5.41, 5.74) is 5.85. The number of likely N-dealkylation sites (tertiary alicyclic amines) is 1. The molecule has 0 radical (unpaired) electrons. The van der Waals surface area contributed by atoms with Gasteiger partial charge in [0.05, 0.1) is 16.3 Å². The Kier molecular flexibility index (Phi) is 7.10. The van der Waals surface area contributed by atoms with Gasteiger partial charge in [-0.25, -0.2) is 0 Å². The van der Waals surface area contributed by atoms with Crippen LogP contribution in [-0.4, -0.2) is 53.0 Å². The van der Waals surface area contributed by atoms with E-state index in [9.17, 15) is 4.79 Å². The molecule has 6 heteroatoms. The van der Waals surface area contributed by atoms with Crippen LogP contribution in [-0.2, 0) is 4.79 Å². The molecule has 0 aromatic rings. The largest absolute Gasteiger partial charge is 0.392 e. The van der Waals surface area contributed by atoms with E-state index in [2.05, 4.69) is 23.4 Å². The second-order valence-electron chi connectivity index (χ2n) is 5.04. The van der Waals surface area contributed by atoms with Crippen LogP contribution in [0.25, 0.3) is 0 Å². The Hall–Kier alpha value is -0.330. The fourth-order valence-electron chi connectivity index (χ4n) is 2.29. The molecule has 4 nitrogen and oxygen atoms in total. The summed E-state index contributed by atoms with van der Waals surface area (Å²) in [5, 5.41) is 2.95. The molecule has 1 saturated heterocycles. The second-order valence-corrected chi connectivity index (χ2v) is 6.67. The number of hydrogen-bond acceptors (Lipinski definition) is 4. The van der Waals surface area contributed by atoms with Gasteiger partial charge in [-0.05, 0) is 25.5 Å². The van der Waals surface area contributed by atoms with Crippen molar-refractivity contribution in [1.29, 1.82) is 0 Å². The van der Waals surface area contributed by atoms with E-state index in [4.69, 9.17) is 18.0 Å². The van der Waals surface area contributed by atoms with Gasteiger partial charge in [0.25, 0.3) is 0 Å². The Morgan fingerprint density at radius 1 is 1.47 bits per heavy atom. The molecule has 0 spiro atoms. The van der Waals surface area contributed by atoms with Crippen LogP contribution in [0.1, 0.15) is 32.6 Å². The standard InChI is InChI=1S/C13H25N3OS2/c1-3-4-7-15-11(17)10-16-8-5-13(19-2,6-9-16)12(14)18/h3-10H2,1-2H3,(H2,14,18)(H,15,17). The molecule has 1 heterocycles. The number of rotatable bonds is 7.